The molecule has 7 heteroatoms. The second kappa shape index (κ2) is 10.9. The van der Waals surface area contributed by atoms with Gasteiger partial charge in [-0.25, -0.2) is 0 Å². The van der Waals surface area contributed by atoms with E-state index in [1.807, 2.05) is 4.90 Å². The SMILES string of the molecule is O=C(NC1CCCc2ccccc21)C1CCN(C2CCN(C(=O)c3ccc(Cl)cc3Cl)CC2)CC1. The minimum atomic E-state index is -0.0233. The van der Waals surface area contributed by atoms with Crippen molar-refractivity contribution in [1.82, 2.24) is 15.1 Å². The summed E-state index contributed by atoms with van der Waals surface area (Å²) in [6.07, 6.45) is 6.98. The van der Waals surface area contributed by atoms with Crippen LogP contribution in [0.1, 0.15) is 66.1 Å². The normalized spacial score (nSPS) is 22.0. The van der Waals surface area contributed by atoms with Crippen molar-refractivity contribution in [2.24, 2.45) is 5.92 Å². The number of amides is 2. The highest BCUT2D eigenvalue weighted by atomic mass is 35.5. The minimum Gasteiger partial charge on any atom is -0.349 e. The zero-order chi connectivity index (χ0) is 24.4. The lowest BCUT2D eigenvalue weighted by molar-refractivity contribution is -0.127. The van der Waals surface area contributed by atoms with Gasteiger partial charge in [-0.15, -0.1) is 0 Å². The molecule has 186 valence electrons. The Kier molecular flexibility index (Phi) is 7.66. The molecule has 35 heavy (non-hydrogen) atoms. The first-order chi connectivity index (χ1) is 17.0. The molecule has 0 aromatic heterocycles. The van der Waals surface area contributed by atoms with Gasteiger partial charge in [-0.3, -0.25) is 9.59 Å². The number of aryl methyl sites for hydroxylation is 1. The first-order valence-electron chi connectivity index (χ1n) is 12.9. The molecule has 2 saturated heterocycles. The second-order valence-corrected chi connectivity index (χ2v) is 11.0. The molecule has 0 saturated carbocycles. The molecule has 2 heterocycles. The molecule has 1 aliphatic carbocycles. The van der Waals surface area contributed by atoms with E-state index in [1.54, 1.807) is 18.2 Å². The van der Waals surface area contributed by atoms with Gasteiger partial charge in [0.2, 0.25) is 5.91 Å². The largest absolute Gasteiger partial charge is 0.349 e. The summed E-state index contributed by atoms with van der Waals surface area (Å²) >= 11 is 12.2. The highest BCUT2D eigenvalue weighted by Gasteiger charge is 2.33. The number of piperidine rings is 2. The van der Waals surface area contributed by atoms with Crippen molar-refractivity contribution < 1.29 is 9.59 Å². The molecule has 5 nitrogen and oxygen atoms in total. The molecule has 2 aliphatic heterocycles. The maximum Gasteiger partial charge on any atom is 0.255 e. The predicted octanol–water partition coefficient (Wildman–Crippen LogP) is 5.50. The molecular weight excluding hydrogens is 481 g/mol. The van der Waals surface area contributed by atoms with E-state index >= 15 is 0 Å². The van der Waals surface area contributed by atoms with E-state index < -0.39 is 0 Å². The summed E-state index contributed by atoms with van der Waals surface area (Å²) < 4.78 is 0. The number of nitrogens with one attached hydrogen (secondary N) is 1. The Balaban J connectivity index is 1.09. The van der Waals surface area contributed by atoms with Gasteiger partial charge in [-0.05, 0) is 87.4 Å². The molecule has 5 rings (SSSR count). The Morgan fingerprint density at radius 1 is 0.886 bits per heavy atom. The number of carbonyl (C=O) groups is 2. The van der Waals surface area contributed by atoms with Crippen LogP contribution in [0.15, 0.2) is 42.5 Å². The monoisotopic (exact) mass is 513 g/mol. The number of hydrogen-bond donors (Lipinski definition) is 1. The first kappa shape index (κ1) is 24.6. The van der Waals surface area contributed by atoms with E-state index in [0.717, 1.165) is 71.1 Å². The van der Waals surface area contributed by atoms with Crippen LogP contribution in [0, 0.1) is 5.92 Å². The number of fused-ring (bicyclic) bond motifs is 1. The second-order valence-electron chi connectivity index (χ2n) is 10.1. The topological polar surface area (TPSA) is 52.7 Å². The van der Waals surface area contributed by atoms with Crippen LogP contribution in [-0.4, -0.2) is 53.8 Å². The average Bonchev–Trinajstić information content (AvgIpc) is 2.89. The third-order valence-corrected chi connectivity index (χ3v) is 8.56. The number of rotatable bonds is 4. The fourth-order valence-electron chi connectivity index (χ4n) is 5.99. The van der Waals surface area contributed by atoms with Crippen LogP contribution in [0.4, 0.5) is 0 Å². The van der Waals surface area contributed by atoms with Crippen molar-refractivity contribution in [3.63, 3.8) is 0 Å². The Morgan fingerprint density at radius 3 is 2.37 bits per heavy atom. The molecule has 2 amide bonds. The summed E-state index contributed by atoms with van der Waals surface area (Å²) in [7, 11) is 0. The number of halogens is 2. The Hall–Kier alpha value is -2.08. The molecule has 1 unspecified atom stereocenters. The molecule has 1 N–H and O–H groups in total. The van der Waals surface area contributed by atoms with E-state index in [2.05, 4.69) is 34.5 Å². The first-order valence-corrected chi connectivity index (χ1v) is 13.6. The van der Waals surface area contributed by atoms with Crippen molar-refractivity contribution in [1.29, 1.82) is 0 Å². The number of carbonyl (C=O) groups excluding carboxylic acids is 2. The summed E-state index contributed by atoms with van der Waals surface area (Å²) in [6, 6.07) is 14.2. The van der Waals surface area contributed by atoms with Gasteiger partial charge in [-0.2, -0.15) is 0 Å². The predicted molar refractivity (Wildman–Crippen MR) is 140 cm³/mol. The third kappa shape index (κ3) is 5.52. The number of hydrogen-bond acceptors (Lipinski definition) is 3. The molecule has 0 spiro atoms. The lowest BCUT2D eigenvalue weighted by atomic mass is 9.86. The van der Waals surface area contributed by atoms with Crippen molar-refractivity contribution in [2.75, 3.05) is 26.2 Å². The molecule has 2 aromatic carbocycles. The van der Waals surface area contributed by atoms with Crippen LogP contribution < -0.4 is 5.32 Å². The fourth-order valence-corrected chi connectivity index (χ4v) is 6.48. The van der Waals surface area contributed by atoms with Crippen LogP contribution >= 0.6 is 23.2 Å². The van der Waals surface area contributed by atoms with Crippen molar-refractivity contribution in [3.8, 4) is 0 Å². The highest BCUT2D eigenvalue weighted by Crippen LogP contribution is 2.31. The number of likely N-dealkylation sites (tertiary alicyclic amines) is 2. The Morgan fingerprint density at radius 2 is 1.63 bits per heavy atom. The van der Waals surface area contributed by atoms with E-state index in [9.17, 15) is 9.59 Å². The maximum absolute atomic E-state index is 13.1. The van der Waals surface area contributed by atoms with Gasteiger partial charge in [0, 0.05) is 30.1 Å². The smallest absolute Gasteiger partial charge is 0.255 e. The maximum atomic E-state index is 13.1. The third-order valence-electron chi connectivity index (χ3n) is 8.02. The zero-order valence-corrected chi connectivity index (χ0v) is 21.5. The van der Waals surface area contributed by atoms with Gasteiger partial charge in [0.1, 0.15) is 0 Å². The van der Waals surface area contributed by atoms with E-state index in [0.29, 0.717) is 21.7 Å². The van der Waals surface area contributed by atoms with Crippen LogP contribution in [-0.2, 0) is 11.2 Å². The van der Waals surface area contributed by atoms with Crippen LogP contribution in [0.5, 0.6) is 0 Å². The molecular formula is C28H33Cl2N3O2. The average molecular weight is 514 g/mol. The summed E-state index contributed by atoms with van der Waals surface area (Å²) in [5.41, 5.74) is 3.19. The quantitative estimate of drug-likeness (QED) is 0.586. The van der Waals surface area contributed by atoms with E-state index in [1.165, 1.54) is 11.1 Å². The van der Waals surface area contributed by atoms with E-state index in [4.69, 9.17) is 23.2 Å². The van der Waals surface area contributed by atoms with E-state index in [-0.39, 0.29) is 23.8 Å². The van der Waals surface area contributed by atoms with Crippen molar-refractivity contribution in [2.45, 2.75) is 57.0 Å². The van der Waals surface area contributed by atoms with Gasteiger partial charge in [-0.1, -0.05) is 47.5 Å². The summed E-state index contributed by atoms with van der Waals surface area (Å²) in [5.74, 6) is 0.283. The number of nitrogens with zero attached hydrogens (tertiary/aromatic N) is 2. The Labute approximate surface area is 217 Å². The Bertz CT molecular complexity index is 1080. The van der Waals surface area contributed by atoms with Crippen LogP contribution in [0.2, 0.25) is 10.0 Å². The highest BCUT2D eigenvalue weighted by molar-refractivity contribution is 6.36. The standard InChI is InChI=1S/C28H33Cl2N3O2/c29-21-8-9-24(25(30)18-21)28(35)33-16-12-22(13-17-33)32-14-10-20(11-15-32)27(34)31-26-7-3-5-19-4-1-2-6-23(19)26/h1-2,4,6,8-9,18,20,22,26H,3,5,7,10-17H2,(H,31,34). The van der Waals surface area contributed by atoms with Gasteiger partial charge >= 0.3 is 0 Å². The van der Waals surface area contributed by atoms with Crippen LogP contribution in [0.25, 0.3) is 0 Å². The molecule has 2 aromatic rings. The van der Waals surface area contributed by atoms with Crippen LogP contribution in [0.3, 0.4) is 0 Å². The number of benzene rings is 2. The summed E-state index contributed by atoms with van der Waals surface area (Å²) in [6.45, 7) is 3.34. The minimum absolute atomic E-state index is 0.0233. The van der Waals surface area contributed by atoms with Gasteiger partial charge in [0.25, 0.3) is 5.91 Å². The molecule has 1 atom stereocenters. The summed E-state index contributed by atoms with van der Waals surface area (Å²) in [4.78, 5) is 30.4. The van der Waals surface area contributed by atoms with Crippen molar-refractivity contribution >= 4 is 35.0 Å². The van der Waals surface area contributed by atoms with Gasteiger partial charge < -0.3 is 15.1 Å². The van der Waals surface area contributed by atoms with Crippen molar-refractivity contribution in [3.05, 3.63) is 69.2 Å². The zero-order valence-electron chi connectivity index (χ0n) is 20.0. The molecule has 0 bridgehead atoms. The molecule has 0 radical (unpaired) electrons. The lowest BCUT2D eigenvalue weighted by Gasteiger charge is -2.41. The molecule has 2 fully saturated rings. The van der Waals surface area contributed by atoms with Gasteiger partial charge in [0.15, 0.2) is 0 Å². The fraction of sp³-hybridized carbons (Fsp3) is 0.500. The van der Waals surface area contributed by atoms with Gasteiger partial charge in [0.05, 0.1) is 16.6 Å². The lowest BCUT2D eigenvalue weighted by Crippen LogP contribution is -2.50. The summed E-state index contributed by atoms with van der Waals surface area (Å²) in [5, 5.41) is 4.30. The molecule has 3 aliphatic rings.